The van der Waals surface area contributed by atoms with Crippen molar-refractivity contribution in [3.63, 3.8) is 0 Å². The van der Waals surface area contributed by atoms with Crippen molar-refractivity contribution in [1.82, 2.24) is 10.2 Å². The number of para-hydroxylation sites is 1. The maximum absolute atomic E-state index is 14.0. The smallest absolute Gasteiger partial charge is 0.256 e. The number of rotatable bonds is 6. The minimum Gasteiger partial charge on any atom is -0.492 e. The fraction of sp³-hybridized carbons (Fsp3) is 0.391. The Balaban J connectivity index is 1.63. The molecule has 1 saturated heterocycles. The summed E-state index contributed by atoms with van der Waals surface area (Å²) in [5.41, 5.74) is 0.331. The molecule has 1 heterocycles. The van der Waals surface area contributed by atoms with Gasteiger partial charge in [-0.3, -0.25) is 9.59 Å². The summed E-state index contributed by atoms with van der Waals surface area (Å²) in [5, 5.41) is 2.85. The van der Waals surface area contributed by atoms with Crippen molar-refractivity contribution in [2.24, 2.45) is 5.92 Å². The molecule has 1 aliphatic heterocycles. The normalized spacial score (nSPS) is 16.4. The van der Waals surface area contributed by atoms with E-state index in [-0.39, 0.29) is 23.4 Å². The molecule has 30 heavy (non-hydrogen) atoms. The molecule has 1 atom stereocenters. The van der Waals surface area contributed by atoms with Crippen molar-refractivity contribution >= 4 is 11.8 Å². The van der Waals surface area contributed by atoms with Crippen LogP contribution in [0.25, 0.3) is 0 Å². The van der Waals surface area contributed by atoms with Gasteiger partial charge >= 0.3 is 0 Å². The van der Waals surface area contributed by atoms with Crippen LogP contribution in [-0.2, 0) is 0 Å². The molecule has 0 radical (unpaired) electrons. The Hall–Kier alpha value is -2.96. The lowest BCUT2D eigenvalue weighted by atomic mass is 9.98. The summed E-state index contributed by atoms with van der Waals surface area (Å²) in [6, 6.07) is 10.0. The predicted octanol–water partition coefficient (Wildman–Crippen LogP) is 4.03. The van der Waals surface area contributed by atoms with E-state index in [0.717, 1.165) is 25.0 Å². The van der Waals surface area contributed by atoms with Crippen molar-refractivity contribution in [1.29, 1.82) is 0 Å². The first-order valence-corrected chi connectivity index (χ1v) is 10.1. The van der Waals surface area contributed by atoms with Crippen LogP contribution in [0.5, 0.6) is 5.75 Å². The number of amides is 2. The number of carbonyl (C=O) groups excluding carboxylic acids is 2. The number of carbonyl (C=O) groups is 2. The van der Waals surface area contributed by atoms with Crippen LogP contribution in [0.4, 0.5) is 8.78 Å². The number of nitrogens with one attached hydrogen (secondary N) is 1. The van der Waals surface area contributed by atoms with Crippen molar-refractivity contribution in [3.8, 4) is 5.75 Å². The SMILES string of the molecule is CC(C)NC(=O)c1ccccc1OCC1CCCN(C(=O)c2ccc(F)cc2F)C1. The first-order valence-electron chi connectivity index (χ1n) is 10.1. The highest BCUT2D eigenvalue weighted by Gasteiger charge is 2.27. The highest BCUT2D eigenvalue weighted by molar-refractivity contribution is 5.97. The molecule has 0 spiro atoms. The molecule has 1 N–H and O–H groups in total. The van der Waals surface area contributed by atoms with E-state index >= 15 is 0 Å². The van der Waals surface area contributed by atoms with Crippen LogP contribution in [0.1, 0.15) is 47.4 Å². The van der Waals surface area contributed by atoms with Crippen LogP contribution in [0, 0.1) is 17.6 Å². The Kier molecular flexibility index (Phi) is 7.03. The molecule has 0 saturated carbocycles. The second kappa shape index (κ2) is 9.69. The van der Waals surface area contributed by atoms with Crippen molar-refractivity contribution in [3.05, 3.63) is 65.2 Å². The van der Waals surface area contributed by atoms with E-state index in [9.17, 15) is 18.4 Å². The monoisotopic (exact) mass is 416 g/mol. The molecule has 1 aliphatic rings. The summed E-state index contributed by atoms with van der Waals surface area (Å²) in [7, 11) is 0. The number of nitrogens with zero attached hydrogens (tertiary/aromatic N) is 1. The van der Waals surface area contributed by atoms with Gasteiger partial charge in [-0.05, 0) is 51.0 Å². The average molecular weight is 416 g/mol. The van der Waals surface area contributed by atoms with Crippen LogP contribution in [0.3, 0.4) is 0 Å². The topological polar surface area (TPSA) is 58.6 Å². The lowest BCUT2D eigenvalue weighted by Gasteiger charge is -2.33. The first kappa shape index (κ1) is 21.7. The van der Waals surface area contributed by atoms with E-state index in [2.05, 4.69) is 5.32 Å². The molecule has 1 unspecified atom stereocenters. The largest absolute Gasteiger partial charge is 0.492 e. The molecule has 5 nitrogen and oxygen atoms in total. The summed E-state index contributed by atoms with van der Waals surface area (Å²) < 4.78 is 33.0. The van der Waals surface area contributed by atoms with Gasteiger partial charge in [0.15, 0.2) is 0 Å². The minimum atomic E-state index is -0.858. The summed E-state index contributed by atoms with van der Waals surface area (Å²) in [4.78, 5) is 26.6. The zero-order chi connectivity index (χ0) is 21.7. The predicted molar refractivity (Wildman–Crippen MR) is 110 cm³/mol. The van der Waals surface area contributed by atoms with Gasteiger partial charge in [0, 0.05) is 31.1 Å². The molecule has 2 aromatic rings. The summed E-state index contributed by atoms with van der Waals surface area (Å²) >= 11 is 0. The van der Waals surface area contributed by atoms with Crippen LogP contribution in [-0.4, -0.2) is 42.5 Å². The first-order chi connectivity index (χ1) is 14.3. The fourth-order valence-corrected chi connectivity index (χ4v) is 3.55. The van der Waals surface area contributed by atoms with Crippen molar-refractivity contribution < 1.29 is 23.1 Å². The average Bonchev–Trinajstić information content (AvgIpc) is 2.72. The molecular formula is C23H26F2N2O3. The summed E-state index contributed by atoms with van der Waals surface area (Å²) in [5.74, 6) is -1.68. The number of likely N-dealkylation sites (tertiary alicyclic amines) is 1. The zero-order valence-corrected chi connectivity index (χ0v) is 17.2. The Labute approximate surface area is 175 Å². The standard InChI is InChI=1S/C23H26F2N2O3/c1-15(2)26-22(28)19-7-3-4-8-21(19)30-14-16-6-5-11-27(13-16)23(29)18-10-9-17(24)12-20(18)25/h3-4,7-10,12,15-16H,5-6,11,13-14H2,1-2H3,(H,26,28). The molecule has 3 rings (SSSR count). The summed E-state index contributed by atoms with van der Waals surface area (Å²) in [6.07, 6.45) is 1.62. The van der Waals surface area contributed by atoms with E-state index in [1.165, 1.54) is 6.07 Å². The Morgan fingerprint density at radius 1 is 1.17 bits per heavy atom. The number of hydrogen-bond acceptors (Lipinski definition) is 3. The highest BCUT2D eigenvalue weighted by Crippen LogP contribution is 2.23. The number of ether oxygens (including phenoxy) is 1. The van der Waals surface area contributed by atoms with Crippen molar-refractivity contribution in [2.75, 3.05) is 19.7 Å². The molecular weight excluding hydrogens is 390 g/mol. The third kappa shape index (κ3) is 5.34. The van der Waals surface area contributed by atoms with Crippen LogP contribution in [0.15, 0.2) is 42.5 Å². The Bertz CT molecular complexity index is 917. The maximum atomic E-state index is 14.0. The zero-order valence-electron chi connectivity index (χ0n) is 17.2. The van der Waals surface area contributed by atoms with Gasteiger partial charge in [-0.1, -0.05) is 12.1 Å². The quantitative estimate of drug-likeness (QED) is 0.773. The number of hydrogen-bond donors (Lipinski definition) is 1. The van der Waals surface area contributed by atoms with Gasteiger partial charge in [0.1, 0.15) is 17.4 Å². The molecule has 2 aromatic carbocycles. The molecule has 7 heteroatoms. The highest BCUT2D eigenvalue weighted by atomic mass is 19.1. The minimum absolute atomic E-state index is 0.00956. The van der Waals surface area contributed by atoms with Crippen LogP contribution < -0.4 is 10.1 Å². The summed E-state index contributed by atoms with van der Waals surface area (Å²) in [6.45, 7) is 5.04. The number of piperidine rings is 1. The van der Waals surface area contributed by atoms with E-state index in [4.69, 9.17) is 4.74 Å². The van der Waals surface area contributed by atoms with Crippen molar-refractivity contribution in [2.45, 2.75) is 32.7 Å². The van der Waals surface area contributed by atoms with E-state index in [1.807, 2.05) is 13.8 Å². The van der Waals surface area contributed by atoms with E-state index in [0.29, 0.717) is 31.0 Å². The molecule has 0 bridgehead atoms. The lowest BCUT2D eigenvalue weighted by Crippen LogP contribution is -2.42. The van der Waals surface area contributed by atoms with E-state index < -0.39 is 17.5 Å². The van der Waals surface area contributed by atoms with Crippen LogP contribution >= 0.6 is 0 Å². The molecule has 0 aromatic heterocycles. The molecule has 160 valence electrons. The second-order valence-electron chi connectivity index (χ2n) is 7.82. The van der Waals surface area contributed by atoms with Gasteiger partial charge < -0.3 is 15.0 Å². The van der Waals surface area contributed by atoms with Gasteiger partial charge in [0.2, 0.25) is 0 Å². The van der Waals surface area contributed by atoms with Crippen LogP contribution in [0.2, 0.25) is 0 Å². The molecule has 1 fully saturated rings. The van der Waals surface area contributed by atoms with Gasteiger partial charge in [0.05, 0.1) is 17.7 Å². The number of halogens is 2. The third-order valence-corrected chi connectivity index (χ3v) is 4.99. The second-order valence-corrected chi connectivity index (χ2v) is 7.82. The Morgan fingerprint density at radius 2 is 1.93 bits per heavy atom. The fourth-order valence-electron chi connectivity index (χ4n) is 3.55. The lowest BCUT2D eigenvalue weighted by molar-refractivity contribution is 0.0628. The van der Waals surface area contributed by atoms with Gasteiger partial charge in [-0.2, -0.15) is 0 Å². The molecule has 0 aliphatic carbocycles. The van der Waals surface area contributed by atoms with Gasteiger partial charge in [-0.25, -0.2) is 8.78 Å². The van der Waals surface area contributed by atoms with Gasteiger partial charge in [-0.15, -0.1) is 0 Å². The Morgan fingerprint density at radius 3 is 2.67 bits per heavy atom. The molecule has 2 amide bonds. The number of benzene rings is 2. The maximum Gasteiger partial charge on any atom is 0.256 e. The third-order valence-electron chi connectivity index (χ3n) is 4.99. The van der Waals surface area contributed by atoms with E-state index in [1.54, 1.807) is 29.2 Å². The van der Waals surface area contributed by atoms with Gasteiger partial charge in [0.25, 0.3) is 11.8 Å².